The third kappa shape index (κ3) is 5.92. The van der Waals surface area contributed by atoms with Gasteiger partial charge in [0.25, 0.3) is 0 Å². The maximum atomic E-state index is 13.7. The number of halogens is 1. The van der Waals surface area contributed by atoms with Gasteiger partial charge in [-0.1, -0.05) is 60.7 Å². The Labute approximate surface area is 222 Å². The smallest absolute Gasteiger partial charge is 0.246 e. The number of carbonyl (C=O) groups is 3. The van der Waals surface area contributed by atoms with E-state index < -0.39 is 18.1 Å². The number of amides is 3. The van der Waals surface area contributed by atoms with E-state index in [0.29, 0.717) is 6.42 Å². The van der Waals surface area contributed by atoms with Crippen LogP contribution in [0.15, 0.2) is 79.4 Å². The van der Waals surface area contributed by atoms with Crippen LogP contribution in [-0.4, -0.2) is 65.8 Å². The van der Waals surface area contributed by atoms with Crippen LogP contribution >= 0.6 is 0 Å². The van der Waals surface area contributed by atoms with Crippen molar-refractivity contribution in [2.45, 2.75) is 37.4 Å². The summed E-state index contributed by atoms with van der Waals surface area (Å²) in [6.45, 7) is 4.21. The quantitative estimate of drug-likeness (QED) is 0.428. The zero-order valence-corrected chi connectivity index (χ0v) is 21.5. The zero-order valence-electron chi connectivity index (χ0n) is 21.5. The summed E-state index contributed by atoms with van der Waals surface area (Å²) >= 11 is 0. The van der Waals surface area contributed by atoms with Crippen LogP contribution in [0.4, 0.5) is 4.39 Å². The summed E-state index contributed by atoms with van der Waals surface area (Å²) in [6, 6.07) is 17.4. The predicted octanol–water partition coefficient (Wildman–Crippen LogP) is 2.82. The van der Waals surface area contributed by atoms with Crippen LogP contribution in [0.1, 0.15) is 17.5 Å². The van der Waals surface area contributed by atoms with Gasteiger partial charge in [0.2, 0.25) is 17.7 Å². The number of fused-ring (bicyclic) bond motifs is 1. The van der Waals surface area contributed by atoms with Crippen molar-refractivity contribution in [1.29, 1.82) is 0 Å². The molecule has 3 N–H and O–H groups in total. The predicted molar refractivity (Wildman–Crippen MR) is 146 cm³/mol. The van der Waals surface area contributed by atoms with Crippen molar-refractivity contribution in [1.82, 2.24) is 15.1 Å². The number of hydrogen-bond acceptors (Lipinski definition) is 4. The highest BCUT2D eigenvalue weighted by Gasteiger charge is 2.42. The molecule has 8 heteroatoms. The second-order valence-electron chi connectivity index (χ2n) is 9.56. The summed E-state index contributed by atoms with van der Waals surface area (Å²) in [7, 11) is 1.55. The maximum Gasteiger partial charge on any atom is 0.246 e. The number of nitrogens with one attached hydrogen (secondary N) is 1. The average molecular weight is 517 g/mol. The second-order valence-corrected chi connectivity index (χ2v) is 9.56. The maximum absolute atomic E-state index is 13.7. The Bertz CT molecular complexity index is 1330. The number of nitrogens with two attached hydrogens (primary N) is 1. The lowest BCUT2D eigenvalue weighted by Crippen LogP contribution is -2.65. The summed E-state index contributed by atoms with van der Waals surface area (Å²) in [5.41, 5.74) is 7.90. The lowest BCUT2D eigenvalue weighted by atomic mass is 9.97. The number of benzene rings is 3. The molecule has 1 fully saturated rings. The third-order valence-corrected chi connectivity index (χ3v) is 7.05. The molecule has 0 unspecified atom stereocenters. The van der Waals surface area contributed by atoms with Crippen LogP contribution in [-0.2, 0) is 27.2 Å². The van der Waals surface area contributed by atoms with E-state index >= 15 is 0 Å². The molecule has 4 rings (SSSR count). The first-order valence-corrected chi connectivity index (χ1v) is 12.7. The van der Waals surface area contributed by atoms with E-state index in [0.717, 1.165) is 21.9 Å². The van der Waals surface area contributed by atoms with E-state index in [2.05, 4.69) is 11.9 Å². The first kappa shape index (κ1) is 27.0. The number of nitrogens with zero attached hydrogens (tertiary/aromatic N) is 2. The summed E-state index contributed by atoms with van der Waals surface area (Å²) < 4.78 is 13.3. The minimum atomic E-state index is -0.889. The van der Waals surface area contributed by atoms with Crippen molar-refractivity contribution in [2.24, 2.45) is 5.73 Å². The van der Waals surface area contributed by atoms with Gasteiger partial charge in [-0.25, -0.2) is 4.39 Å². The van der Waals surface area contributed by atoms with Crippen molar-refractivity contribution in [3.8, 4) is 0 Å². The number of carbonyl (C=O) groups excluding carboxylic acids is 3. The van der Waals surface area contributed by atoms with Crippen LogP contribution in [0.3, 0.4) is 0 Å². The molecule has 1 saturated heterocycles. The Kier molecular flexibility index (Phi) is 8.53. The van der Waals surface area contributed by atoms with Gasteiger partial charge in [0.05, 0.1) is 6.04 Å². The van der Waals surface area contributed by atoms with Gasteiger partial charge in [0.1, 0.15) is 17.9 Å². The van der Waals surface area contributed by atoms with E-state index in [4.69, 9.17) is 5.73 Å². The SMILES string of the molecule is C=CC[C@H]1C(=O)N([C@@H](Cc2ccc3ccccc3c2)C(=O)NC)CCN1C(=O)[C@H](N)Cc1ccc(F)cc1. The Morgan fingerprint density at radius 1 is 1.05 bits per heavy atom. The zero-order chi connectivity index (χ0) is 27.2. The first-order chi connectivity index (χ1) is 18.3. The van der Waals surface area contributed by atoms with Crippen LogP contribution < -0.4 is 11.1 Å². The fraction of sp³-hybridized carbons (Fsp3) is 0.300. The fourth-order valence-electron chi connectivity index (χ4n) is 5.04. The molecule has 1 heterocycles. The van der Waals surface area contributed by atoms with Gasteiger partial charge in [-0.2, -0.15) is 0 Å². The molecule has 1 aliphatic heterocycles. The molecule has 0 bridgehead atoms. The summed E-state index contributed by atoms with van der Waals surface area (Å²) in [5, 5.41) is 4.84. The normalized spacial score (nSPS) is 17.2. The van der Waals surface area contributed by atoms with E-state index in [9.17, 15) is 18.8 Å². The number of hydrogen-bond donors (Lipinski definition) is 2. The molecule has 3 atom stereocenters. The van der Waals surface area contributed by atoms with Gasteiger partial charge >= 0.3 is 0 Å². The van der Waals surface area contributed by atoms with Gasteiger partial charge in [0, 0.05) is 26.6 Å². The molecule has 3 amide bonds. The first-order valence-electron chi connectivity index (χ1n) is 12.7. The van der Waals surface area contributed by atoms with Crippen molar-refractivity contribution in [3.63, 3.8) is 0 Å². The Morgan fingerprint density at radius 3 is 2.42 bits per heavy atom. The summed E-state index contributed by atoms with van der Waals surface area (Å²) in [4.78, 5) is 43.1. The highest BCUT2D eigenvalue weighted by molar-refractivity contribution is 5.94. The molecule has 38 heavy (non-hydrogen) atoms. The third-order valence-electron chi connectivity index (χ3n) is 7.05. The van der Waals surface area contributed by atoms with E-state index in [1.165, 1.54) is 17.0 Å². The monoisotopic (exact) mass is 516 g/mol. The summed E-state index contributed by atoms with van der Waals surface area (Å²) in [5.74, 6) is -1.31. The van der Waals surface area contributed by atoms with E-state index in [1.807, 2.05) is 42.5 Å². The fourth-order valence-corrected chi connectivity index (χ4v) is 5.04. The molecule has 0 aliphatic carbocycles. The van der Waals surface area contributed by atoms with E-state index in [-0.39, 0.29) is 49.5 Å². The molecule has 0 spiro atoms. The van der Waals surface area contributed by atoms with Gasteiger partial charge in [0.15, 0.2) is 0 Å². The standard InChI is InChI=1S/C30H33FN4O3/c1-3-6-26-30(38)35(16-15-34(26)29(37)25(32)18-20-10-13-24(31)14-11-20)27(28(36)33-2)19-21-9-12-22-7-4-5-8-23(22)17-21/h3-5,7-14,17,25-27H,1,6,15-16,18-19,32H2,2H3,(H,33,36)/t25-,26+,27+/m1/s1. The molecule has 3 aromatic carbocycles. The van der Waals surface area contributed by atoms with Gasteiger partial charge in [-0.15, -0.1) is 6.58 Å². The molecule has 0 aromatic heterocycles. The highest BCUT2D eigenvalue weighted by Crippen LogP contribution is 2.23. The van der Waals surface area contributed by atoms with Gasteiger partial charge < -0.3 is 20.9 Å². The van der Waals surface area contributed by atoms with Crippen molar-refractivity contribution in [3.05, 3.63) is 96.3 Å². The Hall–Kier alpha value is -4.04. The topological polar surface area (TPSA) is 95.7 Å². The molecular weight excluding hydrogens is 483 g/mol. The van der Waals surface area contributed by atoms with Gasteiger partial charge in [-0.3, -0.25) is 14.4 Å². The number of piperazine rings is 1. The van der Waals surface area contributed by atoms with Crippen LogP contribution in [0.5, 0.6) is 0 Å². The van der Waals surface area contributed by atoms with Crippen molar-refractivity contribution in [2.75, 3.05) is 20.1 Å². The largest absolute Gasteiger partial charge is 0.357 e. The summed E-state index contributed by atoms with van der Waals surface area (Å²) in [6.07, 6.45) is 2.39. The second kappa shape index (κ2) is 12.0. The average Bonchev–Trinajstić information content (AvgIpc) is 2.93. The number of likely N-dealkylation sites (N-methyl/N-ethyl adjacent to an activating group) is 1. The minimum Gasteiger partial charge on any atom is -0.357 e. The number of rotatable bonds is 9. The van der Waals surface area contributed by atoms with Gasteiger partial charge in [-0.05, 0) is 46.9 Å². The Balaban J connectivity index is 1.53. The molecule has 0 saturated carbocycles. The van der Waals surface area contributed by atoms with Crippen LogP contribution in [0, 0.1) is 5.82 Å². The lowest BCUT2D eigenvalue weighted by Gasteiger charge is -2.43. The van der Waals surface area contributed by atoms with Crippen LogP contribution in [0.2, 0.25) is 0 Å². The molecule has 3 aromatic rings. The minimum absolute atomic E-state index is 0.202. The van der Waals surface area contributed by atoms with Crippen molar-refractivity contribution >= 4 is 28.5 Å². The van der Waals surface area contributed by atoms with E-state index in [1.54, 1.807) is 30.2 Å². The van der Waals surface area contributed by atoms with Crippen LogP contribution in [0.25, 0.3) is 10.8 Å². The Morgan fingerprint density at radius 2 is 1.74 bits per heavy atom. The lowest BCUT2D eigenvalue weighted by molar-refractivity contribution is -0.156. The molecule has 1 aliphatic rings. The molecule has 7 nitrogen and oxygen atoms in total. The highest BCUT2D eigenvalue weighted by atomic mass is 19.1. The molecule has 0 radical (unpaired) electrons. The van der Waals surface area contributed by atoms with Crippen molar-refractivity contribution < 1.29 is 18.8 Å². The molecule has 198 valence electrons. The molecular formula is C30H33FN4O3.